The van der Waals surface area contributed by atoms with Crippen LogP contribution in [0.3, 0.4) is 0 Å². The molecule has 0 bridgehead atoms. The third kappa shape index (κ3) is 1.50. The lowest BCUT2D eigenvalue weighted by Crippen LogP contribution is -1.88. The van der Waals surface area contributed by atoms with Crippen molar-refractivity contribution in [2.75, 3.05) is 7.11 Å². The van der Waals surface area contributed by atoms with Crippen molar-refractivity contribution in [1.82, 2.24) is 15.0 Å². The largest absolute Gasteiger partial charge is 0.480 e. The van der Waals surface area contributed by atoms with Crippen LogP contribution in [0.15, 0.2) is 24.0 Å². The van der Waals surface area contributed by atoms with E-state index in [1.165, 1.54) is 11.3 Å². The molecule has 0 saturated carbocycles. The molecule has 2 heterocycles. The third-order valence-electron chi connectivity index (χ3n) is 1.50. The number of ether oxygens (including phenoxy) is 1. The summed E-state index contributed by atoms with van der Waals surface area (Å²) in [7, 11) is 1.58. The molecule has 0 aliphatic heterocycles. The van der Waals surface area contributed by atoms with E-state index in [-0.39, 0.29) is 0 Å². The van der Waals surface area contributed by atoms with Gasteiger partial charge in [-0.3, -0.25) is 0 Å². The van der Waals surface area contributed by atoms with E-state index in [9.17, 15) is 0 Å². The Kier molecular flexibility index (Phi) is 2.18. The number of hydrogen-bond donors (Lipinski definition) is 0. The first-order chi connectivity index (χ1) is 6.42. The molecule has 2 rings (SSSR count). The topological polar surface area (TPSA) is 47.9 Å². The highest BCUT2D eigenvalue weighted by molar-refractivity contribution is 7.13. The summed E-state index contributed by atoms with van der Waals surface area (Å²) in [6.07, 6.45) is 3.39. The minimum atomic E-state index is 0.580. The summed E-state index contributed by atoms with van der Waals surface area (Å²) in [6, 6.07) is 1.77. The number of thiazole rings is 1. The van der Waals surface area contributed by atoms with Gasteiger partial charge in [-0.05, 0) is 6.07 Å². The van der Waals surface area contributed by atoms with Crippen LogP contribution >= 0.6 is 11.3 Å². The third-order valence-corrected chi connectivity index (χ3v) is 2.30. The Morgan fingerprint density at radius 3 is 2.69 bits per heavy atom. The fraction of sp³-hybridized carbons (Fsp3) is 0.125. The molecule has 0 radical (unpaired) electrons. The van der Waals surface area contributed by atoms with E-state index in [1.54, 1.807) is 31.1 Å². The summed E-state index contributed by atoms with van der Waals surface area (Å²) in [4.78, 5) is 13.1. The molecule has 5 heteroatoms. The van der Waals surface area contributed by atoms with Gasteiger partial charge in [-0.1, -0.05) is 0 Å². The van der Waals surface area contributed by atoms with Crippen LogP contribution in [0.1, 0.15) is 0 Å². The van der Waals surface area contributed by atoms with E-state index in [2.05, 4.69) is 15.0 Å². The molecule has 2 aromatic rings. The lowest BCUT2D eigenvalue weighted by atomic mass is 10.5. The summed E-state index contributed by atoms with van der Waals surface area (Å²) >= 11 is 1.47. The zero-order chi connectivity index (χ0) is 9.10. The van der Waals surface area contributed by atoms with Gasteiger partial charge in [-0.2, -0.15) is 0 Å². The van der Waals surface area contributed by atoms with Crippen molar-refractivity contribution in [1.29, 1.82) is 0 Å². The molecule has 0 atom stereocenters. The molecular formula is C8H7N3OS. The zero-order valence-electron chi connectivity index (χ0n) is 6.97. The van der Waals surface area contributed by atoms with Crippen LogP contribution in [0.25, 0.3) is 10.7 Å². The van der Waals surface area contributed by atoms with Gasteiger partial charge in [0.1, 0.15) is 4.88 Å². The second-order valence-corrected chi connectivity index (χ2v) is 3.12. The molecule has 0 aliphatic rings. The number of methoxy groups -OCH3 is 1. The molecule has 0 aromatic carbocycles. The van der Waals surface area contributed by atoms with Gasteiger partial charge in [0.2, 0.25) is 5.88 Å². The minimum Gasteiger partial charge on any atom is -0.480 e. The fourth-order valence-electron chi connectivity index (χ4n) is 0.946. The first-order valence-corrected chi connectivity index (χ1v) is 4.54. The highest BCUT2D eigenvalue weighted by Crippen LogP contribution is 2.29. The van der Waals surface area contributed by atoms with Gasteiger partial charge in [-0.15, -0.1) is 11.3 Å². The molecule has 66 valence electrons. The van der Waals surface area contributed by atoms with Gasteiger partial charge >= 0.3 is 0 Å². The standard InChI is InChI=1S/C8H7N3OS/c1-12-8-6(13-5-11-8)7-9-3-2-4-10-7/h2-5H,1H3. The van der Waals surface area contributed by atoms with Crippen molar-refractivity contribution in [3.63, 3.8) is 0 Å². The smallest absolute Gasteiger partial charge is 0.235 e. The van der Waals surface area contributed by atoms with Gasteiger partial charge in [0, 0.05) is 12.4 Å². The second kappa shape index (κ2) is 3.49. The van der Waals surface area contributed by atoms with Crippen LogP contribution in [-0.4, -0.2) is 22.1 Å². The zero-order valence-corrected chi connectivity index (χ0v) is 7.78. The van der Waals surface area contributed by atoms with E-state index in [0.717, 1.165) is 4.88 Å². The van der Waals surface area contributed by atoms with Gasteiger partial charge in [0.25, 0.3) is 0 Å². The first-order valence-electron chi connectivity index (χ1n) is 3.66. The molecule has 0 N–H and O–H groups in total. The second-order valence-electron chi connectivity index (χ2n) is 2.26. The quantitative estimate of drug-likeness (QED) is 0.727. The summed E-state index contributed by atoms with van der Waals surface area (Å²) in [5.41, 5.74) is 1.71. The molecule has 13 heavy (non-hydrogen) atoms. The van der Waals surface area contributed by atoms with Crippen molar-refractivity contribution >= 4 is 11.3 Å². The van der Waals surface area contributed by atoms with E-state index in [4.69, 9.17) is 4.74 Å². The summed E-state index contributed by atoms with van der Waals surface area (Å²) in [6.45, 7) is 0. The monoisotopic (exact) mass is 193 g/mol. The summed E-state index contributed by atoms with van der Waals surface area (Å²) in [5.74, 6) is 1.23. The number of rotatable bonds is 2. The number of aromatic nitrogens is 3. The van der Waals surface area contributed by atoms with E-state index in [1.807, 2.05) is 0 Å². The van der Waals surface area contributed by atoms with Crippen molar-refractivity contribution < 1.29 is 4.74 Å². The Bertz CT molecular complexity index is 387. The maximum atomic E-state index is 5.06. The molecule has 0 unspecified atom stereocenters. The number of nitrogens with zero attached hydrogens (tertiary/aromatic N) is 3. The fourth-order valence-corrected chi connectivity index (χ4v) is 1.65. The van der Waals surface area contributed by atoms with E-state index >= 15 is 0 Å². The highest BCUT2D eigenvalue weighted by atomic mass is 32.1. The predicted molar refractivity (Wildman–Crippen MR) is 49.7 cm³/mol. The van der Waals surface area contributed by atoms with Crippen molar-refractivity contribution in [3.05, 3.63) is 24.0 Å². The average Bonchev–Trinajstić information content (AvgIpc) is 2.67. The lowest BCUT2D eigenvalue weighted by Gasteiger charge is -1.97. The van der Waals surface area contributed by atoms with Gasteiger partial charge in [-0.25, -0.2) is 15.0 Å². The van der Waals surface area contributed by atoms with Crippen LogP contribution < -0.4 is 4.74 Å². The number of hydrogen-bond acceptors (Lipinski definition) is 5. The lowest BCUT2D eigenvalue weighted by molar-refractivity contribution is 0.402. The van der Waals surface area contributed by atoms with Crippen molar-refractivity contribution in [3.8, 4) is 16.6 Å². The summed E-state index contributed by atoms with van der Waals surface area (Å²) < 4.78 is 5.06. The molecular weight excluding hydrogens is 186 g/mol. The molecule has 0 fully saturated rings. The SMILES string of the molecule is COc1ncsc1-c1ncccn1. The van der Waals surface area contributed by atoms with Crippen LogP contribution in [0.5, 0.6) is 5.88 Å². The van der Waals surface area contributed by atoms with Gasteiger partial charge < -0.3 is 4.74 Å². The maximum absolute atomic E-state index is 5.06. The van der Waals surface area contributed by atoms with E-state index < -0.39 is 0 Å². The van der Waals surface area contributed by atoms with Crippen LogP contribution in [0, 0.1) is 0 Å². The molecule has 0 spiro atoms. The van der Waals surface area contributed by atoms with E-state index in [0.29, 0.717) is 11.7 Å². The van der Waals surface area contributed by atoms with Crippen LogP contribution in [-0.2, 0) is 0 Å². The van der Waals surface area contributed by atoms with Crippen molar-refractivity contribution in [2.24, 2.45) is 0 Å². The van der Waals surface area contributed by atoms with Gasteiger partial charge in [0.15, 0.2) is 5.82 Å². The molecule has 4 nitrogen and oxygen atoms in total. The Labute approximate surface area is 79.3 Å². The van der Waals surface area contributed by atoms with Crippen LogP contribution in [0.4, 0.5) is 0 Å². The Morgan fingerprint density at radius 1 is 1.23 bits per heavy atom. The summed E-state index contributed by atoms with van der Waals surface area (Å²) in [5, 5.41) is 0. The average molecular weight is 193 g/mol. The first kappa shape index (κ1) is 8.12. The van der Waals surface area contributed by atoms with Crippen molar-refractivity contribution in [2.45, 2.75) is 0 Å². The molecule has 0 aliphatic carbocycles. The van der Waals surface area contributed by atoms with Gasteiger partial charge in [0.05, 0.1) is 12.6 Å². The van der Waals surface area contributed by atoms with Crippen LogP contribution in [0.2, 0.25) is 0 Å². The molecule has 2 aromatic heterocycles. The molecule has 0 saturated heterocycles. The molecule has 0 amide bonds. The Morgan fingerprint density at radius 2 is 2.00 bits per heavy atom. The predicted octanol–water partition coefficient (Wildman–Crippen LogP) is 1.61. The maximum Gasteiger partial charge on any atom is 0.235 e. The Balaban J connectivity index is 2.47. The Hall–Kier alpha value is -1.49. The minimum absolute atomic E-state index is 0.580. The normalized spacial score (nSPS) is 9.92. The highest BCUT2D eigenvalue weighted by Gasteiger charge is 2.10.